The summed E-state index contributed by atoms with van der Waals surface area (Å²) in [4.78, 5) is 26.1. The summed E-state index contributed by atoms with van der Waals surface area (Å²) in [5.41, 5.74) is 0.0278. The van der Waals surface area contributed by atoms with E-state index in [9.17, 15) is 22.8 Å². The van der Waals surface area contributed by atoms with Crippen LogP contribution in [-0.4, -0.2) is 34.7 Å². The first kappa shape index (κ1) is 12.3. The number of hydrogen-bond acceptors (Lipinski definition) is 3. The van der Waals surface area contributed by atoms with Crippen molar-refractivity contribution < 1.29 is 27.9 Å². The lowest BCUT2D eigenvalue weighted by molar-refractivity contribution is -0.170. The van der Waals surface area contributed by atoms with E-state index in [0.717, 1.165) is 6.20 Å². The molecule has 0 aliphatic carbocycles. The molecule has 0 radical (unpaired) electrons. The van der Waals surface area contributed by atoms with Crippen molar-refractivity contribution in [2.45, 2.75) is 12.6 Å². The standard InChI is InChI=1S/C10H7F3N2O3/c11-10(12,13)9(18)15-4-2-5-6(8(16)17)1-3-14-7(5)15/h1,3H,2,4H2,(H,16,17). The van der Waals surface area contributed by atoms with Crippen molar-refractivity contribution >= 4 is 17.7 Å². The first-order valence-corrected chi connectivity index (χ1v) is 4.92. The number of alkyl halides is 3. The Labute approximate surface area is 98.8 Å². The normalized spacial score (nSPS) is 14.5. The summed E-state index contributed by atoms with van der Waals surface area (Å²) in [6, 6.07) is 1.20. The maximum absolute atomic E-state index is 12.3. The number of hydrogen-bond donors (Lipinski definition) is 1. The Bertz CT molecular complexity index is 528. The number of fused-ring (bicyclic) bond motifs is 1. The Morgan fingerprint density at radius 1 is 1.39 bits per heavy atom. The fraction of sp³-hybridized carbons (Fsp3) is 0.300. The maximum atomic E-state index is 12.3. The zero-order valence-corrected chi connectivity index (χ0v) is 8.86. The minimum absolute atomic E-state index is 0.0482. The van der Waals surface area contributed by atoms with Crippen molar-refractivity contribution in [1.82, 2.24) is 4.98 Å². The fourth-order valence-corrected chi connectivity index (χ4v) is 1.84. The number of carbonyl (C=O) groups excluding carboxylic acids is 1. The Morgan fingerprint density at radius 3 is 2.61 bits per heavy atom. The van der Waals surface area contributed by atoms with Gasteiger partial charge < -0.3 is 5.11 Å². The molecule has 0 bridgehead atoms. The molecule has 1 aliphatic heterocycles. The smallest absolute Gasteiger partial charge is 0.471 e. The molecule has 1 N–H and O–H groups in total. The van der Waals surface area contributed by atoms with Gasteiger partial charge in [0.25, 0.3) is 0 Å². The quantitative estimate of drug-likeness (QED) is 0.824. The third kappa shape index (κ3) is 1.89. The molecule has 0 fully saturated rings. The second kappa shape index (κ2) is 3.97. The second-order valence-corrected chi connectivity index (χ2v) is 3.67. The van der Waals surface area contributed by atoms with E-state index in [1.165, 1.54) is 6.07 Å². The highest BCUT2D eigenvalue weighted by Crippen LogP contribution is 2.31. The van der Waals surface area contributed by atoms with E-state index >= 15 is 0 Å². The largest absolute Gasteiger partial charge is 0.478 e. The maximum Gasteiger partial charge on any atom is 0.471 e. The van der Waals surface area contributed by atoms with E-state index in [4.69, 9.17) is 5.11 Å². The van der Waals surface area contributed by atoms with Gasteiger partial charge in [-0.3, -0.25) is 9.69 Å². The summed E-state index contributed by atoms with van der Waals surface area (Å²) in [6.07, 6.45) is -3.88. The topological polar surface area (TPSA) is 70.5 Å². The van der Waals surface area contributed by atoms with E-state index < -0.39 is 18.1 Å². The lowest BCUT2D eigenvalue weighted by atomic mass is 10.1. The van der Waals surface area contributed by atoms with Crippen LogP contribution in [0.4, 0.5) is 19.0 Å². The Morgan fingerprint density at radius 2 is 2.06 bits per heavy atom. The zero-order valence-electron chi connectivity index (χ0n) is 8.86. The van der Waals surface area contributed by atoms with Gasteiger partial charge in [0.15, 0.2) is 0 Å². The van der Waals surface area contributed by atoms with E-state index in [0.29, 0.717) is 4.90 Å². The van der Waals surface area contributed by atoms with Gasteiger partial charge in [0.1, 0.15) is 5.82 Å². The number of nitrogens with zero attached hydrogens (tertiary/aromatic N) is 2. The Balaban J connectivity index is 2.44. The van der Waals surface area contributed by atoms with Crippen LogP contribution in [0.25, 0.3) is 0 Å². The number of rotatable bonds is 1. The molecule has 1 aromatic rings. The number of aromatic carboxylic acids is 1. The lowest BCUT2D eigenvalue weighted by Gasteiger charge is -2.17. The van der Waals surface area contributed by atoms with Gasteiger partial charge in [0, 0.05) is 18.3 Å². The molecular formula is C10H7F3N2O3. The van der Waals surface area contributed by atoms with Crippen molar-refractivity contribution in [2.24, 2.45) is 0 Å². The number of pyridine rings is 1. The summed E-state index contributed by atoms with van der Waals surface area (Å²) in [7, 11) is 0. The van der Waals surface area contributed by atoms with Gasteiger partial charge in [-0.25, -0.2) is 9.78 Å². The molecule has 18 heavy (non-hydrogen) atoms. The number of halogens is 3. The van der Waals surface area contributed by atoms with Gasteiger partial charge in [-0.15, -0.1) is 0 Å². The molecule has 0 saturated heterocycles. The highest BCUT2D eigenvalue weighted by Gasteiger charge is 2.45. The molecule has 0 atom stereocenters. The number of carboxylic acids is 1. The summed E-state index contributed by atoms with van der Waals surface area (Å²) in [6.45, 7) is -0.217. The van der Waals surface area contributed by atoms with Crippen molar-refractivity contribution in [2.75, 3.05) is 11.4 Å². The molecule has 0 aromatic carbocycles. The second-order valence-electron chi connectivity index (χ2n) is 3.67. The predicted octanol–water partition coefficient (Wildman–Crippen LogP) is 1.23. The number of aromatic nitrogens is 1. The SMILES string of the molecule is O=C(O)c1ccnc2c1CCN2C(=O)C(F)(F)F. The van der Waals surface area contributed by atoms with Crippen LogP contribution in [0.5, 0.6) is 0 Å². The zero-order chi connectivity index (χ0) is 13.5. The Kier molecular flexibility index (Phi) is 2.72. The van der Waals surface area contributed by atoms with Crippen molar-refractivity contribution in [3.8, 4) is 0 Å². The molecular weight excluding hydrogens is 253 g/mol. The average molecular weight is 260 g/mol. The van der Waals surface area contributed by atoms with Crippen LogP contribution in [0.1, 0.15) is 15.9 Å². The minimum atomic E-state index is -5.00. The molecule has 1 amide bonds. The average Bonchev–Trinajstić information content (AvgIpc) is 2.69. The van der Waals surface area contributed by atoms with Crippen molar-refractivity contribution in [3.63, 3.8) is 0 Å². The number of amides is 1. The number of anilines is 1. The third-order valence-corrected chi connectivity index (χ3v) is 2.59. The van der Waals surface area contributed by atoms with E-state index in [2.05, 4.69) is 4.98 Å². The molecule has 0 saturated carbocycles. The van der Waals surface area contributed by atoms with Crippen LogP contribution in [0.2, 0.25) is 0 Å². The van der Waals surface area contributed by atoms with E-state index in [1.54, 1.807) is 0 Å². The van der Waals surface area contributed by atoms with Crippen LogP contribution in [0, 0.1) is 0 Å². The summed E-state index contributed by atoms with van der Waals surface area (Å²) < 4.78 is 37.0. The minimum Gasteiger partial charge on any atom is -0.478 e. The fourth-order valence-electron chi connectivity index (χ4n) is 1.84. The predicted molar refractivity (Wildman–Crippen MR) is 53.3 cm³/mol. The summed E-state index contributed by atoms with van der Waals surface area (Å²) in [5.74, 6) is -3.51. The van der Waals surface area contributed by atoms with Crippen molar-refractivity contribution in [3.05, 3.63) is 23.4 Å². The van der Waals surface area contributed by atoms with Gasteiger partial charge in [0.2, 0.25) is 0 Å². The third-order valence-electron chi connectivity index (χ3n) is 2.59. The highest BCUT2D eigenvalue weighted by molar-refractivity contribution is 6.00. The van der Waals surface area contributed by atoms with Gasteiger partial charge in [-0.1, -0.05) is 0 Å². The first-order valence-electron chi connectivity index (χ1n) is 4.92. The van der Waals surface area contributed by atoms with Crippen LogP contribution < -0.4 is 4.90 Å². The number of carbonyl (C=O) groups is 2. The Hall–Kier alpha value is -2.12. The van der Waals surface area contributed by atoms with Crippen LogP contribution in [0.15, 0.2) is 12.3 Å². The van der Waals surface area contributed by atoms with Gasteiger partial charge in [0.05, 0.1) is 5.56 Å². The van der Waals surface area contributed by atoms with Crippen LogP contribution in [0.3, 0.4) is 0 Å². The molecule has 1 aromatic heterocycles. The monoisotopic (exact) mass is 260 g/mol. The molecule has 1 aliphatic rings. The van der Waals surface area contributed by atoms with Crippen LogP contribution >= 0.6 is 0 Å². The molecule has 0 spiro atoms. The molecule has 5 nitrogen and oxygen atoms in total. The van der Waals surface area contributed by atoms with E-state index in [1.807, 2.05) is 0 Å². The lowest BCUT2D eigenvalue weighted by Crippen LogP contribution is -2.40. The summed E-state index contributed by atoms with van der Waals surface area (Å²) in [5, 5.41) is 8.88. The molecule has 96 valence electrons. The van der Waals surface area contributed by atoms with Crippen LogP contribution in [-0.2, 0) is 11.2 Å². The van der Waals surface area contributed by atoms with Gasteiger partial charge >= 0.3 is 18.1 Å². The van der Waals surface area contributed by atoms with Crippen molar-refractivity contribution in [1.29, 1.82) is 0 Å². The summed E-state index contributed by atoms with van der Waals surface area (Å²) >= 11 is 0. The highest BCUT2D eigenvalue weighted by atomic mass is 19.4. The van der Waals surface area contributed by atoms with Gasteiger partial charge in [-0.05, 0) is 12.5 Å². The molecule has 0 unspecified atom stereocenters. The van der Waals surface area contributed by atoms with E-state index in [-0.39, 0.29) is 29.9 Å². The molecule has 2 rings (SSSR count). The molecule has 2 heterocycles. The van der Waals surface area contributed by atoms with Gasteiger partial charge in [-0.2, -0.15) is 13.2 Å². The first-order chi connectivity index (χ1) is 8.32. The number of carboxylic acid groups (broad SMARTS) is 1. The molecule has 8 heteroatoms.